The van der Waals surface area contributed by atoms with E-state index >= 15 is 0 Å². The summed E-state index contributed by atoms with van der Waals surface area (Å²) in [5, 5.41) is 8.67. The number of piperidine rings is 1. The van der Waals surface area contributed by atoms with E-state index in [0.29, 0.717) is 0 Å². The van der Waals surface area contributed by atoms with Crippen molar-refractivity contribution in [3.05, 3.63) is 12.5 Å². The van der Waals surface area contributed by atoms with E-state index in [1.165, 1.54) is 32.4 Å². The van der Waals surface area contributed by atoms with Crippen LogP contribution in [0.1, 0.15) is 19.3 Å². The summed E-state index contributed by atoms with van der Waals surface area (Å²) in [5.74, 6) is 1.74. The van der Waals surface area contributed by atoms with Crippen LogP contribution in [0.15, 0.2) is 12.5 Å². The number of nitrogens with zero attached hydrogens (tertiary/aromatic N) is 5. The maximum atomic E-state index is 4.33. The van der Waals surface area contributed by atoms with Crippen LogP contribution < -0.4 is 5.32 Å². The van der Waals surface area contributed by atoms with Crippen LogP contribution >= 0.6 is 0 Å². The number of anilines is 1. The first-order chi connectivity index (χ1) is 9.74. The van der Waals surface area contributed by atoms with Crippen LogP contribution in [0.3, 0.4) is 0 Å². The molecule has 0 aromatic carbocycles. The number of likely N-dealkylation sites (tertiary alicyclic amines) is 1. The van der Waals surface area contributed by atoms with Crippen LogP contribution in [0, 0.1) is 5.92 Å². The zero-order valence-corrected chi connectivity index (χ0v) is 12.2. The molecule has 0 amide bonds. The van der Waals surface area contributed by atoms with E-state index < -0.39 is 0 Å². The lowest BCUT2D eigenvalue weighted by Crippen LogP contribution is -2.30. The van der Waals surface area contributed by atoms with E-state index in [4.69, 9.17) is 0 Å². The molecule has 3 heterocycles. The Morgan fingerprint density at radius 3 is 2.85 bits per heavy atom. The van der Waals surface area contributed by atoms with E-state index in [1.54, 1.807) is 11.0 Å². The summed E-state index contributed by atoms with van der Waals surface area (Å²) in [4.78, 5) is 11.0. The van der Waals surface area contributed by atoms with Gasteiger partial charge in [-0.1, -0.05) is 0 Å². The second kappa shape index (κ2) is 5.75. The van der Waals surface area contributed by atoms with Gasteiger partial charge in [0.05, 0.1) is 11.6 Å². The lowest BCUT2D eigenvalue weighted by atomic mass is 9.94. The summed E-state index contributed by atoms with van der Waals surface area (Å²) in [6, 6.07) is 0. The molecule has 1 N–H and O–H groups in total. The fraction of sp³-hybridized carbons (Fsp3) is 0.643. The van der Waals surface area contributed by atoms with Crippen LogP contribution in [-0.4, -0.2) is 51.3 Å². The summed E-state index contributed by atoms with van der Waals surface area (Å²) in [5.41, 5.74) is 0.877. The highest BCUT2D eigenvalue weighted by atomic mass is 15.3. The summed E-state index contributed by atoms with van der Waals surface area (Å²) >= 11 is 0. The number of aromatic nitrogens is 4. The molecule has 1 fully saturated rings. The molecule has 1 aliphatic heterocycles. The molecule has 0 bridgehead atoms. The average molecular weight is 274 g/mol. The fourth-order valence-corrected chi connectivity index (χ4v) is 2.85. The van der Waals surface area contributed by atoms with Crippen molar-refractivity contribution < 1.29 is 0 Å². The number of rotatable bonds is 4. The van der Waals surface area contributed by atoms with Gasteiger partial charge in [0, 0.05) is 13.6 Å². The lowest BCUT2D eigenvalue weighted by Gasteiger charge is -2.28. The third-order valence-electron chi connectivity index (χ3n) is 4.21. The number of fused-ring (bicyclic) bond motifs is 1. The molecule has 0 spiro atoms. The number of nitrogens with one attached hydrogen (secondary N) is 1. The maximum Gasteiger partial charge on any atom is 0.163 e. The molecule has 0 aliphatic carbocycles. The Kier molecular flexibility index (Phi) is 3.82. The minimum absolute atomic E-state index is 0.838. The van der Waals surface area contributed by atoms with Gasteiger partial charge in [-0.2, -0.15) is 5.10 Å². The zero-order valence-electron chi connectivity index (χ0n) is 12.2. The minimum atomic E-state index is 0.838. The highest BCUT2D eigenvalue weighted by molar-refractivity contribution is 5.85. The first-order valence-electron chi connectivity index (χ1n) is 7.29. The van der Waals surface area contributed by atoms with Gasteiger partial charge in [0.25, 0.3) is 0 Å². The fourth-order valence-electron chi connectivity index (χ4n) is 2.85. The molecule has 0 atom stereocenters. The quantitative estimate of drug-likeness (QED) is 0.915. The number of hydrogen-bond donors (Lipinski definition) is 1. The lowest BCUT2D eigenvalue weighted by molar-refractivity contribution is 0.215. The van der Waals surface area contributed by atoms with Crippen molar-refractivity contribution in [1.29, 1.82) is 0 Å². The van der Waals surface area contributed by atoms with Gasteiger partial charge in [-0.05, 0) is 45.3 Å². The molecular weight excluding hydrogens is 252 g/mol. The first kappa shape index (κ1) is 13.3. The Labute approximate surface area is 119 Å². The summed E-state index contributed by atoms with van der Waals surface area (Å²) in [7, 11) is 4.10. The standard InChI is InChI=1S/C14H22N6/c1-19-7-4-11(5-8-19)3-6-15-13-12-9-18-20(2)14(12)17-10-16-13/h9-11H,3-8H2,1-2H3,(H,15,16,17). The third kappa shape index (κ3) is 2.75. The van der Waals surface area contributed by atoms with Crippen molar-refractivity contribution >= 4 is 16.9 Å². The smallest absolute Gasteiger partial charge is 0.163 e. The minimum Gasteiger partial charge on any atom is -0.369 e. The van der Waals surface area contributed by atoms with Crippen molar-refractivity contribution in [3.8, 4) is 0 Å². The van der Waals surface area contributed by atoms with Crippen LogP contribution in [-0.2, 0) is 7.05 Å². The molecule has 6 nitrogen and oxygen atoms in total. The van der Waals surface area contributed by atoms with Gasteiger partial charge in [0.1, 0.15) is 12.1 Å². The van der Waals surface area contributed by atoms with E-state index in [1.807, 2.05) is 13.2 Å². The summed E-state index contributed by atoms with van der Waals surface area (Å²) in [6.07, 6.45) is 7.25. The SMILES string of the molecule is CN1CCC(CCNc2ncnc3c2cnn3C)CC1. The molecule has 20 heavy (non-hydrogen) atoms. The largest absolute Gasteiger partial charge is 0.369 e. The van der Waals surface area contributed by atoms with Crippen molar-refractivity contribution in [2.75, 3.05) is 32.0 Å². The second-order valence-corrected chi connectivity index (χ2v) is 5.69. The van der Waals surface area contributed by atoms with Crippen LogP contribution in [0.4, 0.5) is 5.82 Å². The zero-order chi connectivity index (χ0) is 13.9. The predicted octanol–water partition coefficient (Wildman–Crippen LogP) is 1.51. The molecule has 1 saturated heterocycles. The number of hydrogen-bond acceptors (Lipinski definition) is 5. The molecule has 2 aromatic heterocycles. The molecule has 0 radical (unpaired) electrons. The molecule has 6 heteroatoms. The second-order valence-electron chi connectivity index (χ2n) is 5.69. The summed E-state index contributed by atoms with van der Waals surface area (Å²) in [6.45, 7) is 3.42. The Balaban J connectivity index is 1.57. The van der Waals surface area contributed by atoms with Crippen molar-refractivity contribution in [1.82, 2.24) is 24.6 Å². The van der Waals surface area contributed by atoms with E-state index in [9.17, 15) is 0 Å². The Morgan fingerprint density at radius 1 is 1.25 bits per heavy atom. The Bertz CT molecular complexity index is 570. The highest BCUT2D eigenvalue weighted by Crippen LogP contribution is 2.21. The van der Waals surface area contributed by atoms with Crippen molar-refractivity contribution in [2.45, 2.75) is 19.3 Å². The normalized spacial score (nSPS) is 17.7. The van der Waals surface area contributed by atoms with Crippen LogP contribution in [0.5, 0.6) is 0 Å². The van der Waals surface area contributed by atoms with Crippen LogP contribution in [0.2, 0.25) is 0 Å². The molecule has 0 saturated carbocycles. The van der Waals surface area contributed by atoms with E-state index in [2.05, 4.69) is 32.3 Å². The molecule has 3 rings (SSSR count). The highest BCUT2D eigenvalue weighted by Gasteiger charge is 2.16. The van der Waals surface area contributed by atoms with Crippen LogP contribution in [0.25, 0.3) is 11.0 Å². The average Bonchev–Trinajstić information content (AvgIpc) is 2.84. The number of aryl methyl sites for hydroxylation is 1. The molecule has 2 aromatic rings. The van der Waals surface area contributed by atoms with Gasteiger partial charge < -0.3 is 10.2 Å². The van der Waals surface area contributed by atoms with Crippen molar-refractivity contribution in [3.63, 3.8) is 0 Å². The van der Waals surface area contributed by atoms with Gasteiger partial charge in [-0.15, -0.1) is 0 Å². The monoisotopic (exact) mass is 274 g/mol. The van der Waals surface area contributed by atoms with E-state index in [0.717, 1.165) is 29.3 Å². The molecule has 0 unspecified atom stereocenters. The van der Waals surface area contributed by atoms with Crippen molar-refractivity contribution in [2.24, 2.45) is 13.0 Å². The van der Waals surface area contributed by atoms with E-state index in [-0.39, 0.29) is 0 Å². The van der Waals surface area contributed by atoms with Gasteiger partial charge in [0.15, 0.2) is 5.65 Å². The Morgan fingerprint density at radius 2 is 2.05 bits per heavy atom. The summed E-state index contributed by atoms with van der Waals surface area (Å²) < 4.78 is 1.78. The third-order valence-corrected chi connectivity index (χ3v) is 4.21. The van der Waals surface area contributed by atoms with Gasteiger partial charge in [-0.25, -0.2) is 9.97 Å². The Hall–Kier alpha value is -1.69. The molecule has 1 aliphatic rings. The van der Waals surface area contributed by atoms with Gasteiger partial charge in [-0.3, -0.25) is 4.68 Å². The predicted molar refractivity (Wildman–Crippen MR) is 79.6 cm³/mol. The maximum absolute atomic E-state index is 4.33. The molecular formula is C14H22N6. The topological polar surface area (TPSA) is 58.9 Å². The first-order valence-corrected chi connectivity index (χ1v) is 7.29. The van der Waals surface area contributed by atoms with Gasteiger partial charge >= 0.3 is 0 Å². The molecule has 108 valence electrons. The van der Waals surface area contributed by atoms with Gasteiger partial charge in [0.2, 0.25) is 0 Å².